The molecule has 0 aromatic heterocycles. The van der Waals surface area contributed by atoms with Crippen LogP contribution in [0, 0.1) is 5.92 Å². The summed E-state index contributed by atoms with van der Waals surface area (Å²) in [6, 6.07) is 0.332. The Morgan fingerprint density at radius 2 is 2.20 bits per heavy atom. The Morgan fingerprint density at radius 1 is 1.47 bits per heavy atom. The summed E-state index contributed by atoms with van der Waals surface area (Å²) in [5.41, 5.74) is 0. The molecule has 5 nitrogen and oxygen atoms in total. The van der Waals surface area contributed by atoms with Crippen LogP contribution in [0.5, 0.6) is 0 Å². The van der Waals surface area contributed by atoms with Gasteiger partial charge in [-0.3, -0.25) is 9.59 Å². The number of likely N-dealkylation sites (N-methyl/N-ethyl adjacent to an activating group) is 1. The molecule has 0 aromatic rings. The summed E-state index contributed by atoms with van der Waals surface area (Å²) in [5, 5.41) is 5.86. The Bertz CT molecular complexity index is 276. The third kappa shape index (κ3) is 1.97. The second kappa shape index (κ2) is 4.18. The molecule has 0 radical (unpaired) electrons. The zero-order valence-electron chi connectivity index (χ0n) is 8.95. The molecule has 2 amide bonds. The minimum Gasteiger partial charge on any atom is -0.355 e. The van der Waals surface area contributed by atoms with Crippen molar-refractivity contribution in [3.63, 3.8) is 0 Å². The summed E-state index contributed by atoms with van der Waals surface area (Å²) in [6.45, 7) is 4.99. The summed E-state index contributed by atoms with van der Waals surface area (Å²) < 4.78 is 0. The third-order valence-corrected chi connectivity index (χ3v) is 3.15. The lowest BCUT2D eigenvalue weighted by molar-refractivity contribution is -0.138. The average Bonchev–Trinajstić information content (AvgIpc) is 2.57. The SMILES string of the molecule is CCN(C(=O)C1CNC(=O)C1)C1CNC1. The van der Waals surface area contributed by atoms with Gasteiger partial charge in [0.2, 0.25) is 11.8 Å². The van der Waals surface area contributed by atoms with E-state index in [1.54, 1.807) is 0 Å². The van der Waals surface area contributed by atoms with Crippen LogP contribution in [0.3, 0.4) is 0 Å². The van der Waals surface area contributed by atoms with Crippen molar-refractivity contribution in [2.45, 2.75) is 19.4 Å². The number of nitrogens with one attached hydrogen (secondary N) is 2. The van der Waals surface area contributed by atoms with E-state index in [9.17, 15) is 9.59 Å². The van der Waals surface area contributed by atoms with E-state index in [4.69, 9.17) is 0 Å². The number of carbonyl (C=O) groups is 2. The molecular weight excluding hydrogens is 194 g/mol. The van der Waals surface area contributed by atoms with E-state index in [0.29, 0.717) is 19.0 Å². The lowest BCUT2D eigenvalue weighted by atomic mass is 10.0. The predicted octanol–water partition coefficient (Wildman–Crippen LogP) is -1.06. The second-order valence-electron chi connectivity index (χ2n) is 4.14. The van der Waals surface area contributed by atoms with Crippen molar-refractivity contribution in [1.29, 1.82) is 0 Å². The van der Waals surface area contributed by atoms with Crippen LogP contribution >= 0.6 is 0 Å². The number of hydrogen-bond acceptors (Lipinski definition) is 3. The summed E-state index contributed by atoms with van der Waals surface area (Å²) in [4.78, 5) is 25.0. The molecule has 2 N–H and O–H groups in total. The molecule has 0 bridgehead atoms. The van der Waals surface area contributed by atoms with Gasteiger partial charge in [0.1, 0.15) is 0 Å². The summed E-state index contributed by atoms with van der Waals surface area (Å²) >= 11 is 0. The maximum Gasteiger partial charge on any atom is 0.228 e. The molecule has 5 heteroatoms. The first-order valence-corrected chi connectivity index (χ1v) is 5.50. The topological polar surface area (TPSA) is 61.4 Å². The first kappa shape index (κ1) is 10.4. The molecule has 2 rings (SSSR count). The van der Waals surface area contributed by atoms with E-state index in [-0.39, 0.29) is 17.7 Å². The van der Waals surface area contributed by atoms with Crippen molar-refractivity contribution in [2.24, 2.45) is 5.92 Å². The van der Waals surface area contributed by atoms with Crippen molar-refractivity contribution < 1.29 is 9.59 Å². The predicted molar refractivity (Wildman–Crippen MR) is 55.2 cm³/mol. The van der Waals surface area contributed by atoms with Crippen molar-refractivity contribution in [2.75, 3.05) is 26.2 Å². The maximum atomic E-state index is 12.1. The van der Waals surface area contributed by atoms with Crippen molar-refractivity contribution >= 4 is 11.8 Å². The van der Waals surface area contributed by atoms with Gasteiger partial charge in [0.15, 0.2) is 0 Å². The summed E-state index contributed by atoms with van der Waals surface area (Å²) in [7, 11) is 0. The fourth-order valence-electron chi connectivity index (χ4n) is 2.10. The minimum absolute atomic E-state index is 0.00358. The molecule has 2 heterocycles. The van der Waals surface area contributed by atoms with Gasteiger partial charge in [-0.2, -0.15) is 0 Å². The second-order valence-corrected chi connectivity index (χ2v) is 4.14. The van der Waals surface area contributed by atoms with Gasteiger partial charge >= 0.3 is 0 Å². The molecule has 2 aliphatic rings. The zero-order valence-corrected chi connectivity index (χ0v) is 8.95. The number of rotatable bonds is 3. The van der Waals surface area contributed by atoms with Crippen LogP contribution in [-0.4, -0.2) is 48.9 Å². The number of hydrogen-bond donors (Lipinski definition) is 2. The quantitative estimate of drug-likeness (QED) is 0.626. The Hall–Kier alpha value is -1.10. The maximum absolute atomic E-state index is 12.1. The molecule has 15 heavy (non-hydrogen) atoms. The van der Waals surface area contributed by atoms with E-state index in [2.05, 4.69) is 10.6 Å². The molecule has 2 saturated heterocycles. The molecule has 0 spiro atoms. The lowest BCUT2D eigenvalue weighted by Gasteiger charge is -2.38. The minimum atomic E-state index is -0.141. The first-order valence-electron chi connectivity index (χ1n) is 5.50. The van der Waals surface area contributed by atoms with Crippen LogP contribution in [0.1, 0.15) is 13.3 Å². The van der Waals surface area contributed by atoms with Crippen LogP contribution in [0.4, 0.5) is 0 Å². The molecule has 1 unspecified atom stereocenters. The van der Waals surface area contributed by atoms with Crippen LogP contribution in [0.15, 0.2) is 0 Å². The van der Waals surface area contributed by atoms with Gasteiger partial charge in [-0.15, -0.1) is 0 Å². The monoisotopic (exact) mass is 211 g/mol. The summed E-state index contributed by atoms with van der Waals surface area (Å²) in [6.07, 6.45) is 0.357. The molecular formula is C10H17N3O2. The van der Waals surface area contributed by atoms with Gasteiger partial charge in [-0.1, -0.05) is 0 Å². The highest BCUT2D eigenvalue weighted by molar-refractivity contribution is 5.89. The van der Waals surface area contributed by atoms with Crippen molar-refractivity contribution in [3.8, 4) is 0 Å². The molecule has 2 aliphatic heterocycles. The lowest BCUT2D eigenvalue weighted by Crippen LogP contribution is -2.59. The van der Waals surface area contributed by atoms with Crippen LogP contribution in [0.25, 0.3) is 0 Å². The van der Waals surface area contributed by atoms with Crippen LogP contribution < -0.4 is 10.6 Å². The van der Waals surface area contributed by atoms with Gasteiger partial charge in [-0.05, 0) is 6.92 Å². The van der Waals surface area contributed by atoms with Gasteiger partial charge < -0.3 is 15.5 Å². The zero-order chi connectivity index (χ0) is 10.8. The van der Waals surface area contributed by atoms with Gasteiger partial charge in [-0.25, -0.2) is 0 Å². The van der Waals surface area contributed by atoms with Crippen LogP contribution in [-0.2, 0) is 9.59 Å². The Kier molecular flexibility index (Phi) is 2.90. The molecule has 84 valence electrons. The highest BCUT2D eigenvalue weighted by atomic mass is 16.2. The third-order valence-electron chi connectivity index (χ3n) is 3.15. The molecule has 2 fully saturated rings. The highest BCUT2D eigenvalue weighted by Crippen LogP contribution is 2.16. The average molecular weight is 211 g/mol. The first-order chi connectivity index (χ1) is 7.22. The fourth-order valence-corrected chi connectivity index (χ4v) is 2.10. The summed E-state index contributed by atoms with van der Waals surface area (Å²) in [5.74, 6) is -0.0171. The molecule has 0 saturated carbocycles. The molecule has 0 aliphatic carbocycles. The van der Waals surface area contributed by atoms with Crippen LogP contribution in [0.2, 0.25) is 0 Å². The van der Waals surface area contributed by atoms with Gasteiger partial charge in [0.25, 0.3) is 0 Å². The number of carbonyl (C=O) groups excluding carboxylic acids is 2. The van der Waals surface area contributed by atoms with Crippen molar-refractivity contribution in [3.05, 3.63) is 0 Å². The normalized spacial score (nSPS) is 25.9. The van der Waals surface area contributed by atoms with Gasteiger partial charge in [0, 0.05) is 32.6 Å². The van der Waals surface area contributed by atoms with E-state index in [1.165, 1.54) is 0 Å². The Balaban J connectivity index is 1.95. The standard InChI is InChI=1S/C10H17N3O2/c1-2-13(8-5-11-6-8)10(15)7-3-9(14)12-4-7/h7-8,11H,2-6H2,1H3,(H,12,14). The van der Waals surface area contributed by atoms with Crippen molar-refractivity contribution in [1.82, 2.24) is 15.5 Å². The fraction of sp³-hybridized carbons (Fsp3) is 0.800. The Labute approximate surface area is 89.2 Å². The van der Waals surface area contributed by atoms with E-state index in [0.717, 1.165) is 19.6 Å². The number of nitrogens with zero attached hydrogens (tertiary/aromatic N) is 1. The van der Waals surface area contributed by atoms with E-state index >= 15 is 0 Å². The van der Waals surface area contributed by atoms with E-state index < -0.39 is 0 Å². The largest absolute Gasteiger partial charge is 0.355 e. The molecule has 0 aromatic carbocycles. The highest BCUT2D eigenvalue weighted by Gasteiger charge is 2.35. The number of amides is 2. The smallest absolute Gasteiger partial charge is 0.228 e. The Morgan fingerprint density at radius 3 is 2.60 bits per heavy atom. The molecule has 1 atom stereocenters. The van der Waals surface area contributed by atoms with E-state index in [1.807, 2.05) is 11.8 Å². The van der Waals surface area contributed by atoms with Gasteiger partial charge in [0.05, 0.1) is 12.0 Å².